The molecular weight excluding hydrogens is 356 g/mol. The second-order valence-electron chi connectivity index (χ2n) is 6.86. The van der Waals surface area contributed by atoms with Gasteiger partial charge in [0.05, 0.1) is 11.5 Å². The third kappa shape index (κ3) is 3.71. The normalized spacial score (nSPS) is 25.1. The van der Waals surface area contributed by atoms with E-state index in [4.69, 9.17) is 9.47 Å². The summed E-state index contributed by atoms with van der Waals surface area (Å²) in [7, 11) is -2.87. The highest BCUT2D eigenvalue weighted by Gasteiger charge is 2.34. The van der Waals surface area contributed by atoms with Crippen LogP contribution in [0.3, 0.4) is 0 Å². The standard InChI is InChI=1S/C18H22N2O5S/c21-18(4-2-14-1-3-16-17(11-14)25-13-24-16)20-8-6-19(7-9-20)15-5-10-26(22,23)12-15/h1-4,11,15H,5-10,12-13H2/b4-2+/t15-/m1/s1. The van der Waals surface area contributed by atoms with Crippen LogP contribution in [0.25, 0.3) is 6.08 Å². The molecule has 3 aliphatic heterocycles. The quantitative estimate of drug-likeness (QED) is 0.723. The third-order valence-electron chi connectivity index (χ3n) is 5.17. The molecule has 0 unspecified atom stereocenters. The highest BCUT2D eigenvalue weighted by atomic mass is 32.2. The van der Waals surface area contributed by atoms with Crippen LogP contribution >= 0.6 is 0 Å². The summed E-state index contributed by atoms with van der Waals surface area (Å²) in [4.78, 5) is 16.4. The minimum absolute atomic E-state index is 0.0265. The Hall–Kier alpha value is -2.06. The van der Waals surface area contributed by atoms with E-state index >= 15 is 0 Å². The molecule has 1 atom stereocenters. The Morgan fingerprint density at radius 1 is 1.12 bits per heavy atom. The zero-order valence-electron chi connectivity index (χ0n) is 14.5. The molecule has 0 saturated carbocycles. The van der Waals surface area contributed by atoms with E-state index in [1.165, 1.54) is 0 Å². The number of hydrogen-bond acceptors (Lipinski definition) is 6. The van der Waals surface area contributed by atoms with Gasteiger partial charge in [-0.3, -0.25) is 9.69 Å². The fourth-order valence-electron chi connectivity index (χ4n) is 3.66. The predicted molar refractivity (Wildman–Crippen MR) is 96.8 cm³/mol. The Morgan fingerprint density at radius 3 is 2.62 bits per heavy atom. The van der Waals surface area contributed by atoms with Gasteiger partial charge in [0.15, 0.2) is 21.3 Å². The lowest BCUT2D eigenvalue weighted by Gasteiger charge is -2.37. The largest absolute Gasteiger partial charge is 0.454 e. The van der Waals surface area contributed by atoms with Gasteiger partial charge in [-0.15, -0.1) is 0 Å². The number of piperazine rings is 1. The molecule has 4 rings (SSSR count). The average Bonchev–Trinajstić information content (AvgIpc) is 3.25. The number of nitrogens with zero attached hydrogens (tertiary/aromatic N) is 2. The van der Waals surface area contributed by atoms with E-state index in [1.807, 2.05) is 23.1 Å². The average molecular weight is 378 g/mol. The molecule has 2 saturated heterocycles. The highest BCUT2D eigenvalue weighted by Crippen LogP contribution is 2.32. The van der Waals surface area contributed by atoms with Crippen molar-refractivity contribution in [3.05, 3.63) is 29.8 Å². The number of benzene rings is 1. The molecule has 2 fully saturated rings. The van der Waals surface area contributed by atoms with Gasteiger partial charge in [0, 0.05) is 38.3 Å². The zero-order valence-corrected chi connectivity index (χ0v) is 15.3. The van der Waals surface area contributed by atoms with Gasteiger partial charge >= 0.3 is 0 Å². The van der Waals surface area contributed by atoms with Crippen LogP contribution in [0.2, 0.25) is 0 Å². The maximum absolute atomic E-state index is 12.4. The van der Waals surface area contributed by atoms with E-state index < -0.39 is 9.84 Å². The van der Waals surface area contributed by atoms with Gasteiger partial charge in [-0.25, -0.2) is 8.42 Å². The van der Waals surface area contributed by atoms with Gasteiger partial charge in [0.25, 0.3) is 0 Å². The number of amides is 1. The van der Waals surface area contributed by atoms with E-state index in [0.717, 1.165) is 24.4 Å². The summed E-state index contributed by atoms with van der Waals surface area (Å²) < 4.78 is 33.9. The molecule has 0 bridgehead atoms. The summed E-state index contributed by atoms with van der Waals surface area (Å²) in [5.74, 6) is 1.93. The van der Waals surface area contributed by atoms with Crippen LogP contribution in [-0.4, -0.2) is 74.6 Å². The lowest BCUT2D eigenvalue weighted by atomic mass is 10.1. The van der Waals surface area contributed by atoms with Crippen LogP contribution in [0.15, 0.2) is 24.3 Å². The number of carbonyl (C=O) groups is 1. The molecule has 8 heteroatoms. The predicted octanol–water partition coefficient (Wildman–Crippen LogP) is 0.760. The van der Waals surface area contributed by atoms with Crippen LogP contribution < -0.4 is 9.47 Å². The van der Waals surface area contributed by atoms with Gasteiger partial charge in [0.2, 0.25) is 12.7 Å². The second-order valence-corrected chi connectivity index (χ2v) is 9.09. The number of hydrogen-bond donors (Lipinski definition) is 0. The first-order valence-electron chi connectivity index (χ1n) is 8.81. The van der Waals surface area contributed by atoms with E-state index in [1.54, 1.807) is 12.2 Å². The van der Waals surface area contributed by atoms with Crippen molar-refractivity contribution in [1.29, 1.82) is 0 Å². The molecule has 3 aliphatic rings. The molecule has 0 spiro atoms. The van der Waals surface area contributed by atoms with E-state index in [2.05, 4.69) is 4.90 Å². The summed E-state index contributed by atoms with van der Waals surface area (Å²) in [5, 5.41) is 0. The Morgan fingerprint density at radius 2 is 1.88 bits per heavy atom. The smallest absolute Gasteiger partial charge is 0.246 e. The fraction of sp³-hybridized carbons (Fsp3) is 0.500. The molecule has 140 valence electrons. The summed E-state index contributed by atoms with van der Waals surface area (Å²) in [6.07, 6.45) is 4.06. The molecule has 3 heterocycles. The van der Waals surface area contributed by atoms with Gasteiger partial charge in [0.1, 0.15) is 0 Å². The summed E-state index contributed by atoms with van der Waals surface area (Å²) in [6.45, 7) is 2.93. The third-order valence-corrected chi connectivity index (χ3v) is 6.92. The molecule has 0 N–H and O–H groups in total. The Kier molecular flexibility index (Phi) is 4.62. The van der Waals surface area contributed by atoms with E-state index in [0.29, 0.717) is 25.3 Å². The van der Waals surface area contributed by atoms with Gasteiger partial charge in [-0.1, -0.05) is 6.07 Å². The number of carbonyl (C=O) groups excluding carboxylic acids is 1. The number of ether oxygens (including phenoxy) is 2. The Bertz CT molecular complexity index is 828. The maximum Gasteiger partial charge on any atom is 0.246 e. The van der Waals surface area contributed by atoms with Crippen molar-refractivity contribution in [2.45, 2.75) is 12.5 Å². The topological polar surface area (TPSA) is 76.2 Å². The number of fused-ring (bicyclic) bond motifs is 1. The van der Waals surface area contributed by atoms with Crippen LogP contribution in [0.1, 0.15) is 12.0 Å². The first-order valence-corrected chi connectivity index (χ1v) is 10.6. The van der Waals surface area contributed by atoms with Crippen molar-refractivity contribution in [3.63, 3.8) is 0 Å². The summed E-state index contributed by atoms with van der Waals surface area (Å²) >= 11 is 0. The molecule has 7 nitrogen and oxygen atoms in total. The second kappa shape index (κ2) is 6.92. The molecular formula is C18H22N2O5S. The molecule has 1 aromatic rings. The van der Waals surface area contributed by atoms with Gasteiger partial charge in [-0.2, -0.15) is 0 Å². The monoisotopic (exact) mass is 378 g/mol. The number of rotatable bonds is 3. The first-order chi connectivity index (χ1) is 12.5. The first kappa shape index (κ1) is 17.4. The Labute approximate surface area is 153 Å². The Balaban J connectivity index is 1.31. The van der Waals surface area contributed by atoms with Gasteiger partial charge in [-0.05, 0) is 30.2 Å². The van der Waals surface area contributed by atoms with Crippen LogP contribution in [-0.2, 0) is 14.6 Å². The molecule has 26 heavy (non-hydrogen) atoms. The minimum Gasteiger partial charge on any atom is -0.454 e. The van der Waals surface area contributed by atoms with Crippen molar-refractivity contribution < 1.29 is 22.7 Å². The van der Waals surface area contributed by atoms with Gasteiger partial charge < -0.3 is 14.4 Å². The molecule has 1 amide bonds. The van der Waals surface area contributed by atoms with Crippen molar-refractivity contribution in [2.24, 2.45) is 0 Å². The number of sulfone groups is 1. The van der Waals surface area contributed by atoms with Crippen molar-refractivity contribution in [3.8, 4) is 11.5 Å². The lowest BCUT2D eigenvalue weighted by Crippen LogP contribution is -2.52. The van der Waals surface area contributed by atoms with E-state index in [9.17, 15) is 13.2 Å². The fourth-order valence-corrected chi connectivity index (χ4v) is 5.42. The van der Waals surface area contributed by atoms with Crippen LogP contribution in [0, 0.1) is 0 Å². The molecule has 1 aromatic carbocycles. The van der Waals surface area contributed by atoms with Crippen molar-refractivity contribution in [2.75, 3.05) is 44.5 Å². The van der Waals surface area contributed by atoms with E-state index in [-0.39, 0.29) is 30.2 Å². The SMILES string of the molecule is O=C(/C=C/c1ccc2c(c1)OCO2)N1CCN([C@@H]2CCS(=O)(=O)C2)CC1. The van der Waals surface area contributed by atoms with Crippen LogP contribution in [0.5, 0.6) is 11.5 Å². The highest BCUT2D eigenvalue weighted by molar-refractivity contribution is 7.91. The molecule has 0 radical (unpaired) electrons. The minimum atomic E-state index is -2.87. The molecule has 0 aromatic heterocycles. The maximum atomic E-state index is 12.4. The van der Waals surface area contributed by atoms with Crippen molar-refractivity contribution in [1.82, 2.24) is 9.80 Å². The summed E-state index contributed by atoms with van der Waals surface area (Å²) in [5.41, 5.74) is 0.886. The zero-order chi connectivity index (χ0) is 18.1. The molecule has 0 aliphatic carbocycles. The lowest BCUT2D eigenvalue weighted by molar-refractivity contribution is -0.127. The van der Waals surface area contributed by atoms with Crippen molar-refractivity contribution >= 4 is 21.8 Å². The van der Waals surface area contributed by atoms with Crippen LogP contribution in [0.4, 0.5) is 0 Å². The summed E-state index contributed by atoms with van der Waals surface area (Å²) in [6, 6.07) is 5.68.